The van der Waals surface area contributed by atoms with Crippen LogP contribution in [0.4, 0.5) is 4.39 Å². The van der Waals surface area contributed by atoms with Crippen LogP contribution in [-0.2, 0) is 0 Å². The van der Waals surface area contributed by atoms with Crippen molar-refractivity contribution in [3.63, 3.8) is 0 Å². The first-order valence-electron chi connectivity index (χ1n) is 6.32. The molecule has 0 aromatic rings. The van der Waals surface area contributed by atoms with E-state index in [2.05, 4.69) is 25.7 Å². The SMILES string of the molecule is CC(C)(C)C12CCC3(CC3)N1CC(F)C2. The van der Waals surface area contributed by atoms with Crippen LogP contribution in [0.2, 0.25) is 0 Å². The Kier molecular flexibility index (Phi) is 1.73. The van der Waals surface area contributed by atoms with E-state index in [1.165, 1.54) is 25.7 Å². The Morgan fingerprint density at radius 2 is 1.73 bits per heavy atom. The topological polar surface area (TPSA) is 3.24 Å². The minimum Gasteiger partial charge on any atom is -0.288 e. The number of hydrogen-bond acceptors (Lipinski definition) is 1. The van der Waals surface area contributed by atoms with E-state index < -0.39 is 6.17 Å². The molecule has 1 nitrogen and oxygen atoms in total. The van der Waals surface area contributed by atoms with E-state index in [1.54, 1.807) is 0 Å². The predicted molar refractivity (Wildman–Crippen MR) is 59.6 cm³/mol. The van der Waals surface area contributed by atoms with Crippen LogP contribution in [0, 0.1) is 5.41 Å². The van der Waals surface area contributed by atoms with E-state index in [9.17, 15) is 4.39 Å². The van der Waals surface area contributed by atoms with Gasteiger partial charge in [0.05, 0.1) is 0 Å². The van der Waals surface area contributed by atoms with Gasteiger partial charge in [-0.05, 0) is 37.5 Å². The Bertz CT molecular complexity index is 289. The molecule has 3 rings (SSSR count). The second-order valence-electron chi connectivity index (χ2n) is 6.92. The average molecular weight is 211 g/mol. The molecule has 0 bridgehead atoms. The molecule has 0 aromatic heterocycles. The molecular weight excluding hydrogens is 189 g/mol. The van der Waals surface area contributed by atoms with E-state index in [0.717, 1.165) is 6.42 Å². The van der Waals surface area contributed by atoms with Gasteiger partial charge in [-0.1, -0.05) is 20.8 Å². The highest BCUT2D eigenvalue weighted by atomic mass is 19.1. The van der Waals surface area contributed by atoms with Crippen molar-refractivity contribution in [2.45, 2.75) is 70.1 Å². The first kappa shape index (κ1) is 10.1. The third-order valence-corrected chi connectivity index (χ3v) is 5.26. The molecule has 2 saturated heterocycles. The van der Waals surface area contributed by atoms with Gasteiger partial charge in [-0.3, -0.25) is 4.90 Å². The summed E-state index contributed by atoms with van der Waals surface area (Å²) in [4.78, 5) is 2.56. The van der Waals surface area contributed by atoms with Crippen LogP contribution in [0.5, 0.6) is 0 Å². The third-order valence-electron chi connectivity index (χ3n) is 5.26. The molecule has 0 aromatic carbocycles. The second kappa shape index (κ2) is 2.58. The van der Waals surface area contributed by atoms with Crippen LogP contribution < -0.4 is 0 Å². The zero-order valence-corrected chi connectivity index (χ0v) is 10.1. The maximum absolute atomic E-state index is 13.7. The van der Waals surface area contributed by atoms with Crippen molar-refractivity contribution in [2.24, 2.45) is 5.41 Å². The molecule has 2 atom stereocenters. The van der Waals surface area contributed by atoms with Crippen LogP contribution in [0.15, 0.2) is 0 Å². The Balaban J connectivity index is 1.99. The van der Waals surface area contributed by atoms with Crippen molar-refractivity contribution in [3.8, 4) is 0 Å². The van der Waals surface area contributed by atoms with Crippen molar-refractivity contribution >= 4 is 0 Å². The largest absolute Gasteiger partial charge is 0.288 e. The van der Waals surface area contributed by atoms with Gasteiger partial charge in [0.1, 0.15) is 6.17 Å². The molecular formula is C13H22FN. The normalized spacial score (nSPS) is 43.6. The molecule has 2 heteroatoms. The molecule has 1 aliphatic carbocycles. The van der Waals surface area contributed by atoms with Crippen molar-refractivity contribution < 1.29 is 4.39 Å². The number of hydrogen-bond donors (Lipinski definition) is 0. The summed E-state index contributed by atoms with van der Waals surface area (Å²) in [6.45, 7) is 7.58. The van der Waals surface area contributed by atoms with Gasteiger partial charge in [0.15, 0.2) is 0 Å². The molecule has 3 aliphatic rings. The summed E-state index contributed by atoms with van der Waals surface area (Å²) in [6.07, 6.45) is 5.36. The van der Waals surface area contributed by atoms with Crippen molar-refractivity contribution in [1.82, 2.24) is 4.90 Å². The van der Waals surface area contributed by atoms with Crippen LogP contribution in [0.25, 0.3) is 0 Å². The first-order chi connectivity index (χ1) is 6.90. The Labute approximate surface area is 92.0 Å². The minimum absolute atomic E-state index is 0.170. The van der Waals surface area contributed by atoms with E-state index in [-0.39, 0.29) is 11.0 Å². The van der Waals surface area contributed by atoms with Gasteiger partial charge in [-0.15, -0.1) is 0 Å². The highest BCUT2D eigenvalue weighted by Crippen LogP contribution is 2.63. The van der Waals surface area contributed by atoms with Crippen LogP contribution in [-0.4, -0.2) is 28.7 Å². The lowest BCUT2D eigenvalue weighted by Crippen LogP contribution is -2.52. The fourth-order valence-electron chi connectivity index (χ4n) is 4.12. The quantitative estimate of drug-likeness (QED) is 0.595. The molecule has 2 heterocycles. The molecule has 0 radical (unpaired) electrons. The molecule has 1 saturated carbocycles. The molecule has 0 N–H and O–H groups in total. The Morgan fingerprint density at radius 1 is 1.13 bits per heavy atom. The van der Waals surface area contributed by atoms with E-state index >= 15 is 0 Å². The highest BCUT2D eigenvalue weighted by Gasteiger charge is 2.67. The van der Waals surface area contributed by atoms with Gasteiger partial charge in [0.2, 0.25) is 0 Å². The maximum atomic E-state index is 13.7. The van der Waals surface area contributed by atoms with Gasteiger partial charge in [-0.25, -0.2) is 4.39 Å². The van der Waals surface area contributed by atoms with Crippen molar-refractivity contribution in [2.75, 3.05) is 6.54 Å². The molecule has 0 amide bonds. The number of fused-ring (bicyclic) bond motifs is 2. The average Bonchev–Trinajstić information content (AvgIpc) is 2.71. The van der Waals surface area contributed by atoms with Crippen molar-refractivity contribution in [3.05, 3.63) is 0 Å². The molecule has 15 heavy (non-hydrogen) atoms. The standard InChI is InChI=1S/C13H22FN/c1-11(2,3)13-7-6-12(4-5-12)15(13)9-10(14)8-13/h10H,4-9H2,1-3H3. The monoisotopic (exact) mass is 211 g/mol. The van der Waals surface area contributed by atoms with Gasteiger partial charge < -0.3 is 0 Å². The fourth-order valence-corrected chi connectivity index (χ4v) is 4.12. The maximum Gasteiger partial charge on any atom is 0.115 e. The van der Waals surface area contributed by atoms with Crippen LogP contribution in [0.1, 0.15) is 52.9 Å². The number of rotatable bonds is 0. The lowest BCUT2D eigenvalue weighted by Gasteiger charge is -2.45. The number of alkyl halides is 1. The summed E-state index contributed by atoms with van der Waals surface area (Å²) in [5.41, 5.74) is 0.830. The minimum atomic E-state index is -0.581. The number of halogens is 1. The van der Waals surface area contributed by atoms with Crippen molar-refractivity contribution in [1.29, 1.82) is 0 Å². The van der Waals surface area contributed by atoms with Gasteiger partial charge in [0.25, 0.3) is 0 Å². The lowest BCUT2D eigenvalue weighted by atomic mass is 9.71. The smallest absolute Gasteiger partial charge is 0.115 e. The molecule has 3 fully saturated rings. The van der Waals surface area contributed by atoms with E-state index in [4.69, 9.17) is 0 Å². The Hall–Kier alpha value is -0.110. The molecule has 2 unspecified atom stereocenters. The van der Waals surface area contributed by atoms with Crippen LogP contribution >= 0.6 is 0 Å². The zero-order valence-electron chi connectivity index (χ0n) is 10.1. The fraction of sp³-hybridized carbons (Fsp3) is 1.00. The van der Waals surface area contributed by atoms with Gasteiger partial charge in [0, 0.05) is 17.6 Å². The van der Waals surface area contributed by atoms with Gasteiger partial charge >= 0.3 is 0 Å². The summed E-state index contributed by atoms with van der Waals surface area (Å²) in [7, 11) is 0. The summed E-state index contributed by atoms with van der Waals surface area (Å²) < 4.78 is 13.7. The summed E-state index contributed by atoms with van der Waals surface area (Å²) in [5, 5.41) is 0. The van der Waals surface area contributed by atoms with E-state index in [0.29, 0.717) is 12.1 Å². The van der Waals surface area contributed by atoms with Gasteiger partial charge in [-0.2, -0.15) is 0 Å². The lowest BCUT2D eigenvalue weighted by molar-refractivity contribution is 0.0357. The molecule has 1 spiro atoms. The predicted octanol–water partition coefficient (Wildman–Crippen LogP) is 3.14. The highest BCUT2D eigenvalue weighted by molar-refractivity contribution is 5.22. The van der Waals surface area contributed by atoms with E-state index in [1.807, 2.05) is 0 Å². The third kappa shape index (κ3) is 1.12. The van der Waals surface area contributed by atoms with Crippen LogP contribution in [0.3, 0.4) is 0 Å². The zero-order chi connectivity index (χ0) is 10.9. The molecule has 86 valence electrons. The summed E-state index contributed by atoms with van der Waals surface area (Å²) in [6, 6.07) is 0. The summed E-state index contributed by atoms with van der Waals surface area (Å²) in [5.74, 6) is 0. The Morgan fingerprint density at radius 3 is 2.27 bits per heavy atom. The first-order valence-corrected chi connectivity index (χ1v) is 6.32. The second-order valence-corrected chi connectivity index (χ2v) is 6.92. The molecule has 2 aliphatic heterocycles. The summed E-state index contributed by atoms with van der Waals surface area (Å²) >= 11 is 0. The number of nitrogens with zero attached hydrogens (tertiary/aromatic N) is 1.